The van der Waals surface area contributed by atoms with Crippen LogP contribution >= 0.6 is 11.5 Å². The number of piperazine rings is 1. The summed E-state index contributed by atoms with van der Waals surface area (Å²) in [6.45, 7) is 4.90. The maximum atomic E-state index is 13.2. The molecule has 0 aliphatic carbocycles. The summed E-state index contributed by atoms with van der Waals surface area (Å²) < 4.78 is 10.1. The predicted octanol–water partition coefficient (Wildman–Crippen LogP) is 3.70. The summed E-state index contributed by atoms with van der Waals surface area (Å²) in [5, 5.41) is 0.974. The molecule has 3 aromatic rings. The lowest BCUT2D eigenvalue weighted by Gasteiger charge is -2.39. The molecule has 0 N–H and O–H groups in total. The number of hydrogen-bond acceptors (Lipinski definition) is 7. The average Bonchev–Trinajstić information content (AvgIpc) is 3.37. The zero-order valence-corrected chi connectivity index (χ0v) is 20.4. The minimum Gasteiger partial charge on any atom is -0.495 e. The second-order valence-corrected chi connectivity index (χ2v) is 9.63. The van der Waals surface area contributed by atoms with E-state index in [1.807, 2.05) is 36.4 Å². The normalized spacial score (nSPS) is 17.1. The van der Waals surface area contributed by atoms with Crippen LogP contribution in [0.15, 0.2) is 54.6 Å². The second-order valence-electron chi connectivity index (χ2n) is 8.90. The first kappa shape index (κ1) is 22.7. The van der Waals surface area contributed by atoms with Gasteiger partial charge in [0.2, 0.25) is 11.0 Å². The molecule has 0 radical (unpaired) electrons. The monoisotopic (exact) mass is 477 g/mol. The Labute approximate surface area is 205 Å². The number of piperidine rings is 1. The SMILES string of the molecule is COc1ccccc1N1CCN(C(=O)C2CCN(c3nc(Cc4ccccc4)ns3)CC2)CC1. The number of nitrogens with zero attached hydrogens (tertiary/aromatic N) is 5. The molecule has 34 heavy (non-hydrogen) atoms. The maximum Gasteiger partial charge on any atom is 0.225 e. The van der Waals surface area contributed by atoms with Crippen LogP contribution in [0.2, 0.25) is 0 Å². The van der Waals surface area contributed by atoms with E-state index >= 15 is 0 Å². The lowest BCUT2D eigenvalue weighted by Crippen LogP contribution is -2.51. The molecule has 5 rings (SSSR count). The summed E-state index contributed by atoms with van der Waals surface area (Å²) in [5.74, 6) is 2.17. The molecule has 178 valence electrons. The summed E-state index contributed by atoms with van der Waals surface area (Å²) in [7, 11) is 1.71. The van der Waals surface area contributed by atoms with E-state index in [9.17, 15) is 4.79 Å². The van der Waals surface area contributed by atoms with Crippen molar-refractivity contribution in [3.05, 3.63) is 66.0 Å². The molecule has 8 heteroatoms. The zero-order chi connectivity index (χ0) is 23.3. The van der Waals surface area contributed by atoms with Crippen molar-refractivity contribution in [2.75, 3.05) is 56.2 Å². The number of carbonyl (C=O) groups excluding carboxylic acids is 1. The fraction of sp³-hybridized carbons (Fsp3) is 0.423. The molecule has 2 aliphatic heterocycles. The molecule has 2 aromatic carbocycles. The fourth-order valence-corrected chi connectivity index (χ4v) is 5.59. The van der Waals surface area contributed by atoms with Gasteiger partial charge in [-0.1, -0.05) is 42.5 Å². The first-order valence-corrected chi connectivity index (χ1v) is 12.8. The quantitative estimate of drug-likeness (QED) is 0.540. The van der Waals surface area contributed by atoms with E-state index < -0.39 is 0 Å². The van der Waals surface area contributed by atoms with E-state index in [1.165, 1.54) is 17.1 Å². The topological polar surface area (TPSA) is 61.8 Å². The predicted molar refractivity (Wildman–Crippen MR) is 136 cm³/mol. The Bertz CT molecular complexity index is 1090. The lowest BCUT2D eigenvalue weighted by atomic mass is 9.95. The molecule has 2 aliphatic rings. The van der Waals surface area contributed by atoms with Crippen LogP contribution in [-0.2, 0) is 11.2 Å². The fourth-order valence-electron chi connectivity index (χ4n) is 4.86. The molecule has 0 saturated carbocycles. The second kappa shape index (κ2) is 10.4. The molecule has 1 amide bonds. The van der Waals surface area contributed by atoms with Gasteiger partial charge in [-0.25, -0.2) is 4.98 Å². The third-order valence-corrected chi connectivity index (χ3v) is 7.61. The van der Waals surface area contributed by atoms with Crippen LogP contribution in [0.5, 0.6) is 5.75 Å². The molecule has 1 aromatic heterocycles. The minimum atomic E-state index is 0.103. The summed E-state index contributed by atoms with van der Waals surface area (Å²) >= 11 is 1.47. The number of hydrogen-bond donors (Lipinski definition) is 0. The molecular formula is C26H31N5O2S. The van der Waals surface area contributed by atoms with Crippen molar-refractivity contribution in [3.8, 4) is 5.75 Å². The summed E-state index contributed by atoms with van der Waals surface area (Å²) in [4.78, 5) is 24.6. The van der Waals surface area contributed by atoms with Crippen LogP contribution in [0, 0.1) is 5.92 Å². The van der Waals surface area contributed by atoms with Crippen LogP contribution in [0.1, 0.15) is 24.2 Å². The van der Waals surface area contributed by atoms with Gasteiger partial charge in [0.25, 0.3) is 0 Å². The van der Waals surface area contributed by atoms with E-state index in [4.69, 9.17) is 9.72 Å². The van der Waals surface area contributed by atoms with E-state index in [-0.39, 0.29) is 5.92 Å². The Balaban J connectivity index is 1.11. The Kier molecular flexibility index (Phi) is 6.94. The van der Waals surface area contributed by atoms with Crippen LogP contribution in [0.4, 0.5) is 10.8 Å². The number of anilines is 2. The highest BCUT2D eigenvalue weighted by atomic mass is 32.1. The average molecular weight is 478 g/mol. The van der Waals surface area contributed by atoms with Crippen molar-refractivity contribution in [2.45, 2.75) is 19.3 Å². The van der Waals surface area contributed by atoms with E-state index in [0.717, 1.165) is 80.9 Å². The lowest BCUT2D eigenvalue weighted by molar-refractivity contribution is -0.136. The number of aromatic nitrogens is 2. The van der Waals surface area contributed by atoms with Gasteiger partial charge in [-0.2, -0.15) is 4.37 Å². The molecule has 0 bridgehead atoms. The third-order valence-electron chi connectivity index (χ3n) is 6.79. The standard InChI is InChI=1S/C26H31N5O2S/c1-33-23-10-6-5-9-22(23)29-15-17-30(18-16-29)25(32)21-11-13-31(14-12-21)26-27-24(28-34-26)19-20-7-3-2-4-8-20/h2-10,21H,11-19H2,1H3. The van der Waals surface area contributed by atoms with Gasteiger partial charge < -0.3 is 19.4 Å². The van der Waals surface area contributed by atoms with Gasteiger partial charge in [0.05, 0.1) is 12.8 Å². The zero-order valence-electron chi connectivity index (χ0n) is 19.6. The molecular weight excluding hydrogens is 446 g/mol. The van der Waals surface area contributed by atoms with Gasteiger partial charge in [0.15, 0.2) is 0 Å². The molecule has 2 saturated heterocycles. The number of carbonyl (C=O) groups is 1. The number of rotatable bonds is 6. The largest absolute Gasteiger partial charge is 0.495 e. The first-order chi connectivity index (χ1) is 16.7. The number of amides is 1. The van der Waals surface area contributed by atoms with Crippen molar-refractivity contribution in [2.24, 2.45) is 5.92 Å². The number of benzene rings is 2. The van der Waals surface area contributed by atoms with Crippen LogP contribution < -0.4 is 14.5 Å². The van der Waals surface area contributed by atoms with Gasteiger partial charge in [-0.15, -0.1) is 0 Å². The van der Waals surface area contributed by atoms with Crippen molar-refractivity contribution >= 4 is 28.3 Å². The van der Waals surface area contributed by atoms with E-state index in [0.29, 0.717) is 5.91 Å². The van der Waals surface area contributed by atoms with Crippen LogP contribution in [-0.4, -0.2) is 66.5 Å². The highest BCUT2D eigenvalue weighted by molar-refractivity contribution is 7.09. The summed E-state index contributed by atoms with van der Waals surface area (Å²) in [6.07, 6.45) is 2.51. The van der Waals surface area contributed by atoms with E-state index in [2.05, 4.69) is 37.3 Å². The van der Waals surface area contributed by atoms with Crippen molar-refractivity contribution in [1.29, 1.82) is 0 Å². The third kappa shape index (κ3) is 5.01. The molecule has 7 nitrogen and oxygen atoms in total. The van der Waals surface area contributed by atoms with Crippen molar-refractivity contribution < 1.29 is 9.53 Å². The number of ether oxygens (including phenoxy) is 1. The van der Waals surface area contributed by atoms with Crippen LogP contribution in [0.25, 0.3) is 0 Å². The maximum absolute atomic E-state index is 13.2. The van der Waals surface area contributed by atoms with Gasteiger partial charge in [0.1, 0.15) is 11.6 Å². The highest BCUT2D eigenvalue weighted by Gasteiger charge is 2.31. The van der Waals surface area contributed by atoms with Gasteiger partial charge in [-0.05, 0) is 30.5 Å². The van der Waals surface area contributed by atoms with E-state index in [1.54, 1.807) is 7.11 Å². The van der Waals surface area contributed by atoms with Gasteiger partial charge in [-0.3, -0.25) is 4.79 Å². The Hall–Kier alpha value is -3.13. The van der Waals surface area contributed by atoms with Crippen LogP contribution in [0.3, 0.4) is 0 Å². The van der Waals surface area contributed by atoms with Gasteiger partial charge >= 0.3 is 0 Å². The summed E-state index contributed by atoms with van der Waals surface area (Å²) in [5.41, 5.74) is 2.33. The first-order valence-electron chi connectivity index (χ1n) is 12.0. The Morgan fingerprint density at radius 3 is 2.38 bits per heavy atom. The number of para-hydroxylation sites is 2. The van der Waals surface area contributed by atoms with Crippen molar-refractivity contribution in [3.63, 3.8) is 0 Å². The molecule has 2 fully saturated rings. The van der Waals surface area contributed by atoms with Crippen molar-refractivity contribution in [1.82, 2.24) is 14.3 Å². The molecule has 0 spiro atoms. The molecule has 3 heterocycles. The Morgan fingerprint density at radius 2 is 1.65 bits per heavy atom. The number of methoxy groups -OCH3 is 1. The molecule has 0 unspecified atom stereocenters. The minimum absolute atomic E-state index is 0.103. The Morgan fingerprint density at radius 1 is 0.941 bits per heavy atom. The smallest absolute Gasteiger partial charge is 0.225 e. The highest BCUT2D eigenvalue weighted by Crippen LogP contribution is 2.30. The molecule has 0 atom stereocenters. The van der Waals surface area contributed by atoms with Gasteiger partial charge in [0, 0.05) is 63.1 Å². The summed E-state index contributed by atoms with van der Waals surface area (Å²) in [6, 6.07) is 18.4.